The average molecular weight is 381 g/mol. The van der Waals surface area contributed by atoms with Crippen molar-refractivity contribution in [1.29, 1.82) is 0 Å². The molecule has 3 aromatic rings. The van der Waals surface area contributed by atoms with Gasteiger partial charge in [0.2, 0.25) is 5.91 Å². The molecular weight excluding hydrogens is 364 g/mol. The Balaban J connectivity index is 1.65. The molecule has 2 aromatic carbocycles. The van der Waals surface area contributed by atoms with E-state index in [1.54, 1.807) is 60.9 Å². The molecule has 0 unspecified atom stereocenters. The minimum Gasteiger partial charge on any atom is -0.467 e. The van der Waals surface area contributed by atoms with Crippen LogP contribution in [0.5, 0.6) is 0 Å². The lowest BCUT2D eigenvalue weighted by molar-refractivity contribution is -0.111. The molecule has 0 fully saturated rings. The van der Waals surface area contributed by atoms with E-state index >= 15 is 0 Å². The predicted octanol–water partition coefficient (Wildman–Crippen LogP) is 4.51. The molecule has 5 nitrogen and oxygen atoms in total. The molecule has 27 heavy (non-hydrogen) atoms. The molecule has 0 bridgehead atoms. The summed E-state index contributed by atoms with van der Waals surface area (Å²) in [5.41, 5.74) is 1.65. The van der Waals surface area contributed by atoms with Crippen LogP contribution in [0.2, 0.25) is 5.02 Å². The fourth-order valence-corrected chi connectivity index (χ4v) is 2.51. The van der Waals surface area contributed by atoms with Gasteiger partial charge in [-0.3, -0.25) is 9.59 Å². The third-order valence-corrected chi connectivity index (χ3v) is 3.98. The van der Waals surface area contributed by atoms with E-state index in [9.17, 15) is 9.59 Å². The molecule has 6 heteroatoms. The number of para-hydroxylation sites is 1. The van der Waals surface area contributed by atoms with Crippen molar-refractivity contribution in [3.05, 3.63) is 94.9 Å². The van der Waals surface area contributed by atoms with Crippen molar-refractivity contribution >= 4 is 35.2 Å². The largest absolute Gasteiger partial charge is 0.467 e. The second-order valence-corrected chi connectivity index (χ2v) is 6.12. The summed E-state index contributed by atoms with van der Waals surface area (Å²) in [4.78, 5) is 24.6. The third-order valence-electron chi connectivity index (χ3n) is 3.73. The van der Waals surface area contributed by atoms with Crippen LogP contribution in [0, 0.1) is 0 Å². The fraction of sp³-hybridized carbons (Fsp3) is 0.0476. The summed E-state index contributed by atoms with van der Waals surface area (Å²) in [6.45, 7) is 0.268. The Bertz CT molecular complexity index is 948. The molecule has 3 rings (SSSR count). The maximum atomic E-state index is 12.4. The van der Waals surface area contributed by atoms with Gasteiger partial charge in [0.15, 0.2) is 0 Å². The number of furan rings is 1. The summed E-state index contributed by atoms with van der Waals surface area (Å²) in [6, 6.07) is 17.5. The first-order chi connectivity index (χ1) is 13.1. The summed E-state index contributed by atoms with van der Waals surface area (Å²) in [6.07, 6.45) is 4.62. The highest BCUT2D eigenvalue weighted by molar-refractivity contribution is 6.30. The van der Waals surface area contributed by atoms with Gasteiger partial charge in [-0.05, 0) is 48.0 Å². The zero-order valence-corrected chi connectivity index (χ0v) is 15.1. The Morgan fingerprint density at radius 1 is 1.00 bits per heavy atom. The number of carbonyl (C=O) groups is 2. The number of carbonyl (C=O) groups excluding carboxylic acids is 2. The first-order valence-electron chi connectivity index (χ1n) is 8.26. The molecule has 2 N–H and O–H groups in total. The fourth-order valence-electron chi connectivity index (χ4n) is 2.39. The van der Waals surface area contributed by atoms with Gasteiger partial charge in [0, 0.05) is 11.1 Å². The standard InChI is InChI=1S/C21H17ClN2O3/c22-16-10-7-15(8-11-16)9-12-20(25)24-19-6-2-1-5-18(19)21(26)23-14-17-4-3-13-27-17/h1-13H,14H2,(H,23,26)(H,24,25). The van der Waals surface area contributed by atoms with Crippen LogP contribution >= 0.6 is 11.6 Å². The molecule has 1 heterocycles. The molecule has 0 saturated heterocycles. The number of benzene rings is 2. The smallest absolute Gasteiger partial charge is 0.253 e. The lowest BCUT2D eigenvalue weighted by atomic mass is 10.1. The first-order valence-corrected chi connectivity index (χ1v) is 8.64. The minimum absolute atomic E-state index is 0.268. The molecule has 0 aliphatic heterocycles. The van der Waals surface area contributed by atoms with Crippen molar-refractivity contribution in [1.82, 2.24) is 5.32 Å². The van der Waals surface area contributed by atoms with Crippen molar-refractivity contribution < 1.29 is 14.0 Å². The maximum absolute atomic E-state index is 12.4. The van der Waals surface area contributed by atoms with Gasteiger partial charge in [0.1, 0.15) is 5.76 Å². The maximum Gasteiger partial charge on any atom is 0.253 e. The van der Waals surface area contributed by atoms with Crippen LogP contribution in [0.15, 0.2) is 77.4 Å². The molecule has 0 spiro atoms. The Kier molecular flexibility index (Phi) is 6.07. The van der Waals surface area contributed by atoms with Crippen molar-refractivity contribution in [2.75, 3.05) is 5.32 Å². The van der Waals surface area contributed by atoms with Gasteiger partial charge in [-0.15, -0.1) is 0 Å². The van der Waals surface area contributed by atoms with Crippen molar-refractivity contribution in [2.24, 2.45) is 0 Å². The molecule has 0 aliphatic carbocycles. The van der Waals surface area contributed by atoms with E-state index in [1.165, 1.54) is 6.08 Å². The van der Waals surface area contributed by atoms with Crippen LogP contribution in [0.1, 0.15) is 21.7 Å². The summed E-state index contributed by atoms with van der Waals surface area (Å²) >= 11 is 5.84. The zero-order valence-electron chi connectivity index (χ0n) is 14.3. The molecule has 0 aliphatic rings. The highest BCUT2D eigenvalue weighted by atomic mass is 35.5. The second-order valence-electron chi connectivity index (χ2n) is 5.68. The predicted molar refractivity (Wildman–Crippen MR) is 105 cm³/mol. The highest BCUT2D eigenvalue weighted by Gasteiger charge is 2.12. The van der Waals surface area contributed by atoms with E-state index in [1.807, 2.05) is 12.1 Å². The summed E-state index contributed by atoms with van der Waals surface area (Å²) in [5.74, 6) is 0.0102. The zero-order chi connectivity index (χ0) is 19.1. The third kappa shape index (κ3) is 5.33. The van der Waals surface area contributed by atoms with Crippen molar-refractivity contribution in [2.45, 2.75) is 6.54 Å². The number of hydrogen-bond acceptors (Lipinski definition) is 3. The van der Waals surface area contributed by atoms with E-state index < -0.39 is 0 Å². The lowest BCUT2D eigenvalue weighted by Crippen LogP contribution is -2.24. The van der Waals surface area contributed by atoms with Crippen molar-refractivity contribution in [3.8, 4) is 0 Å². The second kappa shape index (κ2) is 8.87. The molecular formula is C21H17ClN2O3. The number of hydrogen-bond donors (Lipinski definition) is 2. The molecule has 0 radical (unpaired) electrons. The van der Waals surface area contributed by atoms with Gasteiger partial charge in [0.25, 0.3) is 5.91 Å². The van der Waals surface area contributed by atoms with E-state index in [0.29, 0.717) is 22.0 Å². The van der Waals surface area contributed by atoms with E-state index in [0.717, 1.165) is 5.56 Å². The van der Waals surface area contributed by atoms with Gasteiger partial charge in [0.05, 0.1) is 24.1 Å². The molecule has 136 valence electrons. The van der Waals surface area contributed by atoms with Crippen LogP contribution in [0.3, 0.4) is 0 Å². The Morgan fingerprint density at radius 2 is 1.78 bits per heavy atom. The van der Waals surface area contributed by atoms with Crippen LogP contribution in [0.25, 0.3) is 6.08 Å². The van der Waals surface area contributed by atoms with E-state index in [-0.39, 0.29) is 18.4 Å². The molecule has 0 saturated carbocycles. The van der Waals surface area contributed by atoms with Crippen LogP contribution in [-0.4, -0.2) is 11.8 Å². The Labute approximate surface area is 161 Å². The van der Waals surface area contributed by atoms with E-state index in [2.05, 4.69) is 10.6 Å². The van der Waals surface area contributed by atoms with Gasteiger partial charge < -0.3 is 15.1 Å². The number of amides is 2. The number of halogens is 1. The van der Waals surface area contributed by atoms with Gasteiger partial charge in [-0.1, -0.05) is 35.9 Å². The minimum atomic E-state index is -0.337. The SMILES string of the molecule is O=C(C=Cc1ccc(Cl)cc1)Nc1ccccc1C(=O)NCc1ccco1. The number of rotatable bonds is 6. The van der Waals surface area contributed by atoms with Crippen LogP contribution in [0.4, 0.5) is 5.69 Å². The Hall–Kier alpha value is -3.31. The quantitative estimate of drug-likeness (QED) is 0.618. The van der Waals surface area contributed by atoms with Crippen LogP contribution < -0.4 is 10.6 Å². The highest BCUT2D eigenvalue weighted by Crippen LogP contribution is 2.16. The van der Waals surface area contributed by atoms with Gasteiger partial charge >= 0.3 is 0 Å². The monoisotopic (exact) mass is 380 g/mol. The lowest BCUT2D eigenvalue weighted by Gasteiger charge is -2.10. The normalized spacial score (nSPS) is 10.7. The summed E-state index contributed by atoms with van der Waals surface area (Å²) < 4.78 is 5.19. The average Bonchev–Trinajstić information content (AvgIpc) is 3.20. The van der Waals surface area contributed by atoms with Crippen molar-refractivity contribution in [3.63, 3.8) is 0 Å². The number of anilines is 1. The molecule has 1 aromatic heterocycles. The van der Waals surface area contributed by atoms with Gasteiger partial charge in [-0.2, -0.15) is 0 Å². The number of nitrogens with one attached hydrogen (secondary N) is 2. The molecule has 0 atom stereocenters. The topological polar surface area (TPSA) is 71.3 Å². The molecule has 2 amide bonds. The summed E-state index contributed by atoms with van der Waals surface area (Å²) in [7, 11) is 0. The van der Waals surface area contributed by atoms with Crippen LogP contribution in [-0.2, 0) is 11.3 Å². The van der Waals surface area contributed by atoms with E-state index in [4.69, 9.17) is 16.0 Å². The van der Waals surface area contributed by atoms with Gasteiger partial charge in [-0.25, -0.2) is 0 Å². The Morgan fingerprint density at radius 3 is 2.52 bits per heavy atom. The summed E-state index contributed by atoms with van der Waals surface area (Å²) in [5, 5.41) is 6.12. The first kappa shape index (κ1) is 18.5.